The molecule has 0 atom stereocenters. The predicted molar refractivity (Wildman–Crippen MR) is 125 cm³/mol. The fourth-order valence-corrected chi connectivity index (χ4v) is 6.25. The van der Waals surface area contributed by atoms with E-state index < -0.39 is 13.3 Å². The number of fused-ring (bicyclic) bond motifs is 1. The van der Waals surface area contributed by atoms with Gasteiger partial charge in [-0.1, -0.05) is 0 Å². The number of aromatic nitrogens is 1. The number of aryl methyl sites for hydroxylation is 2. The Kier molecular flexibility index (Phi) is 4.88. The van der Waals surface area contributed by atoms with Crippen LogP contribution in [-0.4, -0.2) is 18.3 Å². The van der Waals surface area contributed by atoms with Crippen molar-refractivity contribution in [1.82, 2.24) is 4.98 Å². The van der Waals surface area contributed by atoms with Gasteiger partial charge in [0.1, 0.15) is 0 Å². The molecule has 0 aliphatic rings. The molecular formula is C26H27GeN. The molecule has 3 aromatic carbocycles. The van der Waals surface area contributed by atoms with E-state index in [0.717, 1.165) is 11.2 Å². The van der Waals surface area contributed by atoms with Gasteiger partial charge in [-0.15, -0.1) is 0 Å². The Labute approximate surface area is 170 Å². The fraction of sp³-hybridized carbons (Fsp3) is 0.192. The van der Waals surface area contributed by atoms with E-state index in [1.54, 1.807) is 0 Å². The summed E-state index contributed by atoms with van der Waals surface area (Å²) < 4.78 is 1.52. The molecule has 0 aliphatic heterocycles. The van der Waals surface area contributed by atoms with Crippen molar-refractivity contribution >= 4 is 28.6 Å². The van der Waals surface area contributed by atoms with Crippen molar-refractivity contribution in [2.24, 2.45) is 0 Å². The van der Waals surface area contributed by atoms with E-state index >= 15 is 0 Å². The number of pyridine rings is 1. The summed E-state index contributed by atoms with van der Waals surface area (Å²) in [4.78, 5) is 5.06. The third-order valence-electron chi connectivity index (χ3n) is 5.28. The SMILES string of the molecule is Cc1cc(C)cc(-c2cc(-c3ccccc3)c3c[c]([Ge]([CH3])([CH3])[CH3])ccc3n2)c1. The molecule has 0 saturated carbocycles. The van der Waals surface area contributed by atoms with Gasteiger partial charge in [0.15, 0.2) is 0 Å². The molecule has 0 amide bonds. The van der Waals surface area contributed by atoms with Crippen LogP contribution in [0.5, 0.6) is 0 Å². The molecule has 140 valence electrons. The topological polar surface area (TPSA) is 12.9 Å². The molecule has 0 fully saturated rings. The first-order valence-electron chi connectivity index (χ1n) is 9.91. The van der Waals surface area contributed by atoms with Gasteiger partial charge in [0, 0.05) is 0 Å². The second-order valence-corrected chi connectivity index (χ2v) is 19.4. The number of benzene rings is 3. The average Bonchev–Trinajstić information content (AvgIpc) is 2.66. The molecule has 0 aliphatic carbocycles. The molecule has 0 N–H and O–H groups in total. The monoisotopic (exact) mass is 427 g/mol. The zero-order valence-electron chi connectivity index (χ0n) is 17.4. The number of hydrogen-bond acceptors (Lipinski definition) is 1. The van der Waals surface area contributed by atoms with E-state index in [1.165, 1.54) is 37.6 Å². The van der Waals surface area contributed by atoms with E-state index in [9.17, 15) is 0 Å². The molecule has 2 heteroatoms. The van der Waals surface area contributed by atoms with Gasteiger partial charge < -0.3 is 0 Å². The number of rotatable bonds is 3. The molecule has 0 bridgehead atoms. The molecular weight excluding hydrogens is 399 g/mol. The molecule has 0 spiro atoms. The summed E-state index contributed by atoms with van der Waals surface area (Å²) in [7, 11) is 0. The van der Waals surface area contributed by atoms with Crippen molar-refractivity contribution in [3.05, 3.63) is 83.9 Å². The number of nitrogens with zero attached hydrogens (tertiary/aromatic N) is 1. The second-order valence-electron chi connectivity index (χ2n) is 8.78. The summed E-state index contributed by atoms with van der Waals surface area (Å²) in [5, 5.41) is 1.26. The molecule has 1 aromatic heterocycles. The fourth-order valence-electron chi connectivity index (χ4n) is 3.82. The van der Waals surface area contributed by atoms with Gasteiger partial charge >= 0.3 is 171 Å². The van der Waals surface area contributed by atoms with Crippen molar-refractivity contribution in [3.8, 4) is 22.4 Å². The van der Waals surface area contributed by atoms with Crippen LogP contribution >= 0.6 is 0 Å². The Morgan fingerprint density at radius 2 is 1.36 bits per heavy atom. The van der Waals surface area contributed by atoms with E-state index in [1.807, 2.05) is 0 Å². The molecule has 4 rings (SSSR count). The Bertz CT molecular complexity index is 1130. The van der Waals surface area contributed by atoms with E-state index in [4.69, 9.17) is 4.98 Å². The van der Waals surface area contributed by atoms with Gasteiger partial charge in [-0.05, 0) is 0 Å². The Morgan fingerprint density at radius 1 is 0.679 bits per heavy atom. The summed E-state index contributed by atoms with van der Waals surface area (Å²) in [5.41, 5.74) is 8.37. The minimum absolute atomic E-state index is 1.04. The van der Waals surface area contributed by atoms with Gasteiger partial charge in [0.25, 0.3) is 0 Å². The third-order valence-corrected chi connectivity index (χ3v) is 9.56. The van der Waals surface area contributed by atoms with Crippen molar-refractivity contribution in [2.45, 2.75) is 31.1 Å². The first-order chi connectivity index (χ1) is 13.3. The van der Waals surface area contributed by atoms with E-state index in [2.05, 4.69) is 104 Å². The standard InChI is InChI=1S/C26H27GeN/c1-18-13-19(2)15-21(14-18)26-17-23(20-9-7-6-8-10-20)24-16-22(27(3,4)5)11-12-25(24)28-26/h6-17H,1-5H3. The first kappa shape index (κ1) is 19.0. The summed E-state index contributed by atoms with van der Waals surface area (Å²) in [6.07, 6.45) is 0. The van der Waals surface area contributed by atoms with Crippen molar-refractivity contribution < 1.29 is 0 Å². The summed E-state index contributed by atoms with van der Waals surface area (Å²) in [6, 6.07) is 26.6. The van der Waals surface area contributed by atoms with Gasteiger partial charge in [-0.2, -0.15) is 0 Å². The predicted octanol–water partition coefficient (Wildman–Crippen LogP) is 6.73. The minimum atomic E-state index is -1.92. The molecule has 0 saturated heterocycles. The second kappa shape index (κ2) is 7.21. The zero-order chi connectivity index (χ0) is 19.9. The van der Waals surface area contributed by atoms with Gasteiger partial charge in [-0.25, -0.2) is 0 Å². The van der Waals surface area contributed by atoms with Crippen LogP contribution in [0, 0.1) is 13.8 Å². The number of hydrogen-bond donors (Lipinski definition) is 0. The van der Waals surface area contributed by atoms with Gasteiger partial charge in [0.05, 0.1) is 0 Å². The van der Waals surface area contributed by atoms with Crippen LogP contribution in [0.25, 0.3) is 33.3 Å². The van der Waals surface area contributed by atoms with E-state index in [-0.39, 0.29) is 0 Å². The van der Waals surface area contributed by atoms with Gasteiger partial charge in [0.2, 0.25) is 0 Å². The van der Waals surface area contributed by atoms with Crippen LogP contribution in [0.1, 0.15) is 11.1 Å². The first-order valence-corrected chi connectivity index (χ1v) is 17.2. The normalized spacial score (nSPS) is 11.8. The van der Waals surface area contributed by atoms with Crippen LogP contribution < -0.4 is 4.40 Å². The van der Waals surface area contributed by atoms with Crippen LogP contribution in [0.15, 0.2) is 72.8 Å². The summed E-state index contributed by atoms with van der Waals surface area (Å²) in [6.45, 7) is 4.30. The van der Waals surface area contributed by atoms with Crippen LogP contribution in [0.3, 0.4) is 0 Å². The Morgan fingerprint density at radius 3 is 2.00 bits per heavy atom. The van der Waals surface area contributed by atoms with Crippen LogP contribution in [-0.2, 0) is 0 Å². The quantitative estimate of drug-likeness (QED) is 0.331. The zero-order valence-corrected chi connectivity index (χ0v) is 19.5. The van der Waals surface area contributed by atoms with Crippen LogP contribution in [0.4, 0.5) is 0 Å². The molecule has 1 heterocycles. The van der Waals surface area contributed by atoms with Crippen LogP contribution in [0.2, 0.25) is 17.3 Å². The molecule has 4 aromatic rings. The molecule has 0 unspecified atom stereocenters. The average molecular weight is 426 g/mol. The third kappa shape index (κ3) is 3.77. The molecule has 28 heavy (non-hydrogen) atoms. The maximum absolute atomic E-state index is 5.06. The Hall–Kier alpha value is -2.39. The Balaban J connectivity index is 2.02. The molecule has 0 radical (unpaired) electrons. The van der Waals surface area contributed by atoms with Crippen molar-refractivity contribution in [2.75, 3.05) is 0 Å². The summed E-state index contributed by atoms with van der Waals surface area (Å²) >= 11 is -1.92. The maximum atomic E-state index is 5.06. The van der Waals surface area contributed by atoms with E-state index in [0.29, 0.717) is 0 Å². The van der Waals surface area contributed by atoms with Gasteiger partial charge in [-0.3, -0.25) is 0 Å². The molecule has 1 nitrogen and oxygen atoms in total. The summed E-state index contributed by atoms with van der Waals surface area (Å²) in [5.74, 6) is 7.34. The van der Waals surface area contributed by atoms with Crippen molar-refractivity contribution in [3.63, 3.8) is 0 Å². The van der Waals surface area contributed by atoms with Crippen molar-refractivity contribution in [1.29, 1.82) is 0 Å².